The molecule has 0 aliphatic carbocycles. The number of hydrogen-bond acceptors (Lipinski definition) is 5. The summed E-state index contributed by atoms with van der Waals surface area (Å²) in [5.74, 6) is 0.314. The largest absolute Gasteiger partial charge is 0.352 e. The molecule has 31 heavy (non-hydrogen) atoms. The summed E-state index contributed by atoms with van der Waals surface area (Å²) in [7, 11) is -3.65. The van der Waals surface area contributed by atoms with Crippen LogP contribution in [-0.4, -0.2) is 49.1 Å². The zero-order chi connectivity index (χ0) is 22.2. The van der Waals surface area contributed by atoms with Crippen LogP contribution in [0.5, 0.6) is 0 Å². The maximum atomic E-state index is 13.5. The van der Waals surface area contributed by atoms with Crippen molar-refractivity contribution in [1.29, 1.82) is 0 Å². The van der Waals surface area contributed by atoms with Crippen molar-refractivity contribution in [3.8, 4) is 11.3 Å². The molecule has 0 saturated carbocycles. The molecule has 0 unspecified atom stereocenters. The molecule has 1 aliphatic heterocycles. The number of nitrogens with zero attached hydrogens (tertiary/aromatic N) is 4. The zero-order valence-electron chi connectivity index (χ0n) is 17.8. The summed E-state index contributed by atoms with van der Waals surface area (Å²) in [4.78, 5) is 2.15. The first-order chi connectivity index (χ1) is 14.8. The fourth-order valence-electron chi connectivity index (χ4n) is 3.63. The van der Waals surface area contributed by atoms with Crippen LogP contribution in [0.25, 0.3) is 11.3 Å². The summed E-state index contributed by atoms with van der Waals surface area (Å²) in [5, 5.41) is 8.73. The molecule has 2 aromatic carbocycles. The summed E-state index contributed by atoms with van der Waals surface area (Å²) in [6, 6.07) is 14.0. The number of halogens is 1. The van der Waals surface area contributed by atoms with Crippen molar-refractivity contribution in [2.24, 2.45) is 0 Å². The van der Waals surface area contributed by atoms with E-state index < -0.39 is 15.8 Å². The van der Waals surface area contributed by atoms with Crippen LogP contribution in [0.2, 0.25) is 0 Å². The van der Waals surface area contributed by atoms with Crippen molar-refractivity contribution in [3.05, 3.63) is 71.0 Å². The molecule has 0 radical (unpaired) electrons. The Morgan fingerprint density at radius 2 is 1.55 bits per heavy atom. The summed E-state index contributed by atoms with van der Waals surface area (Å²) in [6.07, 6.45) is 0. The third-order valence-electron chi connectivity index (χ3n) is 5.78. The van der Waals surface area contributed by atoms with E-state index in [2.05, 4.69) is 36.2 Å². The van der Waals surface area contributed by atoms with E-state index >= 15 is 0 Å². The standard InChI is InChI=1S/C23H25FN4O2S/c1-16-4-5-19(14-17(16)2)22-8-9-23(26-25-22)27-10-12-28(13-11-27)31(29,30)20-6-7-21(24)18(3)15-20/h4-9,14-15H,10-13H2,1-3H3. The molecular formula is C23H25FN4O2S. The average Bonchev–Trinajstić information content (AvgIpc) is 2.77. The van der Waals surface area contributed by atoms with Crippen LogP contribution in [-0.2, 0) is 10.0 Å². The first-order valence-corrected chi connectivity index (χ1v) is 11.6. The highest BCUT2D eigenvalue weighted by Gasteiger charge is 2.29. The van der Waals surface area contributed by atoms with Crippen LogP contribution in [0.1, 0.15) is 16.7 Å². The fourth-order valence-corrected chi connectivity index (χ4v) is 5.14. The molecule has 1 fully saturated rings. The second-order valence-electron chi connectivity index (χ2n) is 7.88. The van der Waals surface area contributed by atoms with E-state index in [4.69, 9.17) is 0 Å². The maximum Gasteiger partial charge on any atom is 0.243 e. The van der Waals surface area contributed by atoms with E-state index in [0.717, 1.165) is 17.1 Å². The Hall–Kier alpha value is -2.84. The SMILES string of the molecule is Cc1ccc(-c2ccc(N3CCN(S(=O)(=O)c4ccc(F)c(C)c4)CC3)nn2)cc1C. The molecule has 1 saturated heterocycles. The number of rotatable bonds is 4. The summed E-state index contributed by atoms with van der Waals surface area (Å²) in [5.41, 5.74) is 4.58. The summed E-state index contributed by atoms with van der Waals surface area (Å²) >= 11 is 0. The normalized spacial score (nSPS) is 15.3. The van der Waals surface area contributed by atoms with Crippen molar-refractivity contribution >= 4 is 15.8 Å². The van der Waals surface area contributed by atoms with Crippen molar-refractivity contribution in [2.75, 3.05) is 31.1 Å². The van der Waals surface area contributed by atoms with E-state index in [9.17, 15) is 12.8 Å². The highest BCUT2D eigenvalue weighted by molar-refractivity contribution is 7.89. The molecule has 0 amide bonds. The third-order valence-corrected chi connectivity index (χ3v) is 7.68. The van der Waals surface area contributed by atoms with Gasteiger partial charge in [-0.2, -0.15) is 4.31 Å². The molecule has 6 nitrogen and oxygen atoms in total. The van der Waals surface area contributed by atoms with Crippen molar-refractivity contribution in [2.45, 2.75) is 25.7 Å². The fraction of sp³-hybridized carbons (Fsp3) is 0.304. The van der Waals surface area contributed by atoms with Gasteiger partial charge in [0.15, 0.2) is 5.82 Å². The molecule has 0 N–H and O–H groups in total. The van der Waals surface area contributed by atoms with Gasteiger partial charge in [-0.05, 0) is 73.9 Å². The molecule has 162 valence electrons. The van der Waals surface area contributed by atoms with Gasteiger partial charge < -0.3 is 4.90 Å². The van der Waals surface area contributed by atoms with Crippen molar-refractivity contribution < 1.29 is 12.8 Å². The van der Waals surface area contributed by atoms with E-state index in [1.807, 2.05) is 23.1 Å². The predicted octanol–water partition coefficient (Wildman–Crippen LogP) is 3.72. The highest BCUT2D eigenvalue weighted by atomic mass is 32.2. The lowest BCUT2D eigenvalue weighted by molar-refractivity contribution is 0.383. The minimum absolute atomic E-state index is 0.123. The van der Waals surface area contributed by atoms with Crippen LogP contribution in [0, 0.1) is 26.6 Å². The monoisotopic (exact) mass is 440 g/mol. The zero-order valence-corrected chi connectivity index (χ0v) is 18.7. The Balaban J connectivity index is 1.44. The number of benzene rings is 2. The van der Waals surface area contributed by atoms with Crippen LogP contribution < -0.4 is 4.90 Å². The molecular weight excluding hydrogens is 415 g/mol. The molecule has 8 heteroatoms. The second-order valence-corrected chi connectivity index (χ2v) is 9.82. The smallest absolute Gasteiger partial charge is 0.243 e. The Kier molecular flexibility index (Phi) is 5.77. The van der Waals surface area contributed by atoms with Crippen LogP contribution in [0.4, 0.5) is 10.2 Å². The Morgan fingerprint density at radius 1 is 0.806 bits per heavy atom. The third kappa shape index (κ3) is 4.31. The van der Waals surface area contributed by atoms with Crippen molar-refractivity contribution in [1.82, 2.24) is 14.5 Å². The molecule has 0 spiro atoms. The van der Waals surface area contributed by atoms with Gasteiger partial charge in [0.05, 0.1) is 10.6 Å². The second kappa shape index (κ2) is 8.36. The van der Waals surface area contributed by atoms with Gasteiger partial charge in [-0.3, -0.25) is 0 Å². The van der Waals surface area contributed by atoms with Crippen LogP contribution >= 0.6 is 0 Å². The van der Waals surface area contributed by atoms with Gasteiger partial charge >= 0.3 is 0 Å². The number of anilines is 1. The van der Waals surface area contributed by atoms with Gasteiger partial charge in [0.1, 0.15) is 5.82 Å². The van der Waals surface area contributed by atoms with E-state index in [0.29, 0.717) is 31.7 Å². The minimum atomic E-state index is -3.65. The number of aryl methyl sites for hydroxylation is 3. The quantitative estimate of drug-likeness (QED) is 0.619. The first-order valence-electron chi connectivity index (χ1n) is 10.2. The molecule has 1 aromatic heterocycles. The van der Waals surface area contributed by atoms with E-state index in [1.165, 1.54) is 33.6 Å². The lowest BCUT2D eigenvalue weighted by atomic mass is 10.0. The van der Waals surface area contributed by atoms with Gasteiger partial charge in [-0.25, -0.2) is 12.8 Å². The molecule has 4 rings (SSSR count). The summed E-state index contributed by atoms with van der Waals surface area (Å²) < 4.78 is 40.8. The van der Waals surface area contributed by atoms with Gasteiger partial charge in [-0.1, -0.05) is 12.1 Å². The Bertz CT molecular complexity index is 1200. The molecule has 3 aromatic rings. The Morgan fingerprint density at radius 3 is 2.16 bits per heavy atom. The lowest BCUT2D eigenvalue weighted by Gasteiger charge is -2.34. The average molecular weight is 441 g/mol. The van der Waals surface area contributed by atoms with Crippen molar-refractivity contribution in [3.63, 3.8) is 0 Å². The van der Waals surface area contributed by atoms with Crippen LogP contribution in [0.3, 0.4) is 0 Å². The van der Waals surface area contributed by atoms with Crippen LogP contribution in [0.15, 0.2) is 53.4 Å². The molecule has 0 atom stereocenters. The molecule has 2 heterocycles. The summed E-state index contributed by atoms with van der Waals surface area (Å²) in [6.45, 7) is 7.39. The van der Waals surface area contributed by atoms with E-state index in [-0.39, 0.29) is 4.90 Å². The number of sulfonamides is 1. The lowest BCUT2D eigenvalue weighted by Crippen LogP contribution is -2.49. The number of hydrogen-bond donors (Lipinski definition) is 0. The molecule has 1 aliphatic rings. The van der Waals surface area contributed by atoms with E-state index in [1.54, 1.807) is 6.92 Å². The topological polar surface area (TPSA) is 66.4 Å². The molecule has 0 bridgehead atoms. The highest BCUT2D eigenvalue weighted by Crippen LogP contribution is 2.24. The number of piperazine rings is 1. The minimum Gasteiger partial charge on any atom is -0.352 e. The first kappa shape index (κ1) is 21.4. The Labute approximate surface area is 182 Å². The van der Waals surface area contributed by atoms with Gasteiger partial charge in [0, 0.05) is 31.7 Å². The van der Waals surface area contributed by atoms with Gasteiger partial charge in [-0.15, -0.1) is 10.2 Å². The predicted molar refractivity (Wildman–Crippen MR) is 119 cm³/mol. The van der Waals surface area contributed by atoms with Gasteiger partial charge in [0.25, 0.3) is 0 Å². The van der Waals surface area contributed by atoms with Gasteiger partial charge in [0.2, 0.25) is 10.0 Å². The number of aromatic nitrogens is 2. The maximum absolute atomic E-state index is 13.5.